The van der Waals surface area contributed by atoms with Gasteiger partial charge in [-0.05, 0) is 89.0 Å². The van der Waals surface area contributed by atoms with Crippen LogP contribution in [-0.2, 0) is 60.7 Å². The van der Waals surface area contributed by atoms with Gasteiger partial charge in [0, 0.05) is 16.8 Å². The van der Waals surface area contributed by atoms with Crippen molar-refractivity contribution < 1.29 is 97.9 Å². The van der Waals surface area contributed by atoms with E-state index in [9.17, 15) is 93.1 Å². The Labute approximate surface area is 450 Å². The van der Waals surface area contributed by atoms with Crippen LogP contribution in [0.4, 0.5) is 45.5 Å². The van der Waals surface area contributed by atoms with Crippen LogP contribution in [0.15, 0.2) is 180 Å². The van der Waals surface area contributed by atoms with Crippen molar-refractivity contribution >= 4 is 139 Å². The van der Waals surface area contributed by atoms with E-state index in [1.54, 1.807) is 0 Å². The lowest BCUT2D eigenvalue weighted by molar-refractivity contribution is 0.412. The molecule has 0 saturated heterocycles. The average molecular weight is 1220 g/mol. The molecule has 11 N–H and O–H groups in total. The second-order valence-corrected chi connectivity index (χ2v) is 24.1. The summed E-state index contributed by atoms with van der Waals surface area (Å²) in [5.74, 6) is -3.31. The fourth-order valence-corrected chi connectivity index (χ4v) is 10.9. The van der Waals surface area contributed by atoms with Gasteiger partial charge in [-0.2, -0.15) is 60.7 Å². The number of benzene rings is 7. The molecule has 0 saturated carbocycles. The molecular formula is C43H33N9O22S6. The van der Waals surface area contributed by atoms with Gasteiger partial charge in [-0.1, -0.05) is 24.8 Å². The lowest BCUT2D eigenvalue weighted by atomic mass is 10.0. The van der Waals surface area contributed by atoms with Crippen LogP contribution in [0.2, 0.25) is 0 Å². The normalized spacial score (nSPS) is 13.6. The van der Waals surface area contributed by atoms with Gasteiger partial charge in [0.25, 0.3) is 60.7 Å². The van der Waals surface area contributed by atoms with Gasteiger partial charge >= 0.3 is 0 Å². The van der Waals surface area contributed by atoms with E-state index in [4.69, 9.17) is 10.5 Å². The van der Waals surface area contributed by atoms with Crippen molar-refractivity contribution in [3.63, 3.8) is 0 Å². The number of fused-ring (bicyclic) bond motifs is 3. The number of nitrogen functional groups attached to an aromatic ring is 1. The number of rotatable bonds is 17. The standard InChI is InChI=1S/C43H33N9O22S6/c1-3-4-5-25(19-75(56,57)58)47-50-38-33(79(68,69)70)14-21-12-23(8-10-27(21)41(38)53)45-51-40-34(80(71,72)73)16-22-15-31(77(62,63)64)37(36(44)35(22)43(40)55)49-46-24-7-6-20-13-32(78(65,66)67)39(42(54)28(20)17-24)52-48-29-11-9-26(74-2)18-30(29)76(59,60)61/h3-19,53-55H,1,44H2,2H3,(H,56,57,58)(H,59,60,61)(H,62,63,64)(H,65,66,67)(H,68,69,70)(H,71,72,73)/b5-4-,25-19-,49-46?,50-47?,51-45?,52-48?. The van der Waals surface area contributed by atoms with Crippen LogP contribution >= 0.6 is 0 Å². The molecule has 0 aliphatic carbocycles. The summed E-state index contributed by atoms with van der Waals surface area (Å²) < 4.78 is 213. The van der Waals surface area contributed by atoms with E-state index in [1.807, 2.05) is 0 Å². The molecule has 0 aliphatic heterocycles. The topological polar surface area (TPSA) is 521 Å². The predicted molar refractivity (Wildman–Crippen MR) is 279 cm³/mol. The first kappa shape index (κ1) is 59.1. The molecule has 80 heavy (non-hydrogen) atoms. The maximum absolute atomic E-state index is 12.8. The molecule has 0 fully saturated rings. The van der Waals surface area contributed by atoms with E-state index in [0.29, 0.717) is 12.1 Å². The summed E-state index contributed by atoms with van der Waals surface area (Å²) in [5, 5.41) is 61.7. The number of phenols is 3. The Morgan fingerprint density at radius 1 is 0.500 bits per heavy atom. The number of azo groups is 4. The quantitative estimate of drug-likeness (QED) is 0.0176. The predicted octanol–water partition coefficient (Wildman–Crippen LogP) is 8.89. The molecule has 0 spiro atoms. The fourth-order valence-electron chi connectivity index (χ4n) is 7.24. The van der Waals surface area contributed by atoms with Crippen molar-refractivity contribution in [2.75, 3.05) is 12.8 Å². The summed E-state index contributed by atoms with van der Waals surface area (Å²) in [7, 11) is -30.1. The molecule has 0 aromatic heterocycles. The maximum Gasteiger partial charge on any atom is 0.296 e. The van der Waals surface area contributed by atoms with Crippen LogP contribution in [-0.4, -0.2) is 100 Å². The number of phenolic OH excluding ortho intramolecular Hbond substituents is 3. The highest BCUT2D eigenvalue weighted by Gasteiger charge is 2.29. The van der Waals surface area contributed by atoms with Crippen molar-refractivity contribution in [2.45, 2.75) is 24.5 Å². The highest BCUT2D eigenvalue weighted by molar-refractivity contribution is 7.89. The maximum atomic E-state index is 12.8. The van der Waals surface area contributed by atoms with Crippen molar-refractivity contribution in [1.82, 2.24) is 0 Å². The molecule has 0 unspecified atom stereocenters. The number of anilines is 1. The molecule has 0 amide bonds. The third kappa shape index (κ3) is 12.8. The molecule has 0 aliphatic rings. The Kier molecular flexibility index (Phi) is 15.9. The molecule has 7 rings (SSSR count). The van der Waals surface area contributed by atoms with Crippen molar-refractivity contribution in [3.8, 4) is 23.0 Å². The number of hydrogen-bond donors (Lipinski definition) is 10. The molecule has 7 aromatic rings. The number of nitrogens with zero attached hydrogens (tertiary/aromatic N) is 8. The van der Waals surface area contributed by atoms with Crippen molar-refractivity contribution in [2.24, 2.45) is 40.9 Å². The number of nitrogens with two attached hydrogens (primary N) is 1. The first-order valence-corrected chi connectivity index (χ1v) is 29.6. The second kappa shape index (κ2) is 21.6. The Hall–Kier alpha value is -8.60. The second-order valence-electron chi connectivity index (χ2n) is 15.9. The number of methoxy groups -OCH3 is 1. The van der Waals surface area contributed by atoms with E-state index in [0.717, 1.165) is 72.8 Å². The molecule has 0 bridgehead atoms. The summed E-state index contributed by atoms with van der Waals surface area (Å²) in [6, 6.07) is 12.0. The van der Waals surface area contributed by atoms with Crippen LogP contribution in [0.1, 0.15) is 0 Å². The fraction of sp³-hybridized carbons (Fsp3) is 0.0233. The lowest BCUT2D eigenvalue weighted by Gasteiger charge is -2.14. The lowest BCUT2D eigenvalue weighted by Crippen LogP contribution is -2.03. The van der Waals surface area contributed by atoms with E-state index >= 15 is 0 Å². The molecular weight excluding hydrogens is 1190 g/mol. The smallest absolute Gasteiger partial charge is 0.296 e. The zero-order valence-electron chi connectivity index (χ0n) is 39.5. The van der Waals surface area contributed by atoms with Crippen LogP contribution in [0.3, 0.4) is 0 Å². The van der Waals surface area contributed by atoms with Gasteiger partial charge in [0.05, 0.1) is 40.7 Å². The van der Waals surface area contributed by atoms with Gasteiger partial charge in [-0.3, -0.25) is 27.3 Å². The van der Waals surface area contributed by atoms with E-state index in [2.05, 4.69) is 47.5 Å². The molecule has 418 valence electrons. The van der Waals surface area contributed by atoms with E-state index < -0.39 is 153 Å². The van der Waals surface area contributed by atoms with Crippen molar-refractivity contribution in [3.05, 3.63) is 115 Å². The van der Waals surface area contributed by atoms with Gasteiger partial charge < -0.3 is 25.8 Å². The minimum absolute atomic E-state index is 0.0613. The highest BCUT2D eigenvalue weighted by Crippen LogP contribution is 2.50. The van der Waals surface area contributed by atoms with Crippen LogP contribution in [0.5, 0.6) is 23.0 Å². The van der Waals surface area contributed by atoms with E-state index in [-0.39, 0.29) is 44.1 Å². The van der Waals surface area contributed by atoms with Crippen LogP contribution in [0.25, 0.3) is 32.3 Å². The molecule has 37 heteroatoms. The van der Waals surface area contributed by atoms with Crippen LogP contribution < -0.4 is 10.5 Å². The summed E-state index contributed by atoms with van der Waals surface area (Å²) in [6.45, 7) is 3.38. The number of aromatic hydroxyl groups is 3. The number of allylic oxidation sites excluding steroid dienone is 3. The minimum Gasteiger partial charge on any atom is -0.505 e. The minimum atomic E-state index is -5.46. The third-order valence-corrected chi connectivity index (χ3v) is 15.6. The van der Waals surface area contributed by atoms with Gasteiger partial charge in [-0.15, -0.1) is 30.7 Å². The zero-order valence-corrected chi connectivity index (χ0v) is 44.4. The van der Waals surface area contributed by atoms with Gasteiger partial charge in [0.1, 0.15) is 58.7 Å². The average Bonchev–Trinajstić information content (AvgIpc) is 3.40. The van der Waals surface area contributed by atoms with Crippen LogP contribution in [0, 0.1) is 0 Å². The first-order chi connectivity index (χ1) is 37.0. The van der Waals surface area contributed by atoms with Gasteiger partial charge in [0.2, 0.25) is 0 Å². The zero-order chi connectivity index (χ0) is 59.2. The Balaban J connectivity index is 1.35. The molecule has 0 radical (unpaired) electrons. The van der Waals surface area contributed by atoms with E-state index in [1.165, 1.54) is 19.3 Å². The Bertz CT molecular complexity index is 4760. The Morgan fingerprint density at radius 3 is 1.52 bits per heavy atom. The molecule has 0 atom stereocenters. The Morgan fingerprint density at radius 2 is 0.975 bits per heavy atom. The SMILES string of the molecule is C=C/C=C\C(=C\S(=O)(=O)O)N=Nc1c(S(=O)(=O)O)cc2cc(N=Nc3c(S(=O)(=O)O)cc4cc(S(=O)(=O)O)c(N=Nc5ccc6cc(S(=O)(=O)O)c(N=Nc7ccc(OC)cc7S(=O)(=O)O)c(O)c6c5)c(N)c4c3O)ccc2c1O. The summed E-state index contributed by atoms with van der Waals surface area (Å²) in [5.41, 5.74) is -0.334. The molecule has 31 nitrogen and oxygen atoms in total. The summed E-state index contributed by atoms with van der Waals surface area (Å²) in [4.78, 5) is -5.45. The number of hydrogen-bond acceptors (Lipinski definition) is 25. The van der Waals surface area contributed by atoms with Gasteiger partial charge in [0.15, 0.2) is 17.2 Å². The monoisotopic (exact) mass is 1220 g/mol. The first-order valence-electron chi connectivity index (χ1n) is 20.9. The molecule has 7 aromatic carbocycles. The largest absolute Gasteiger partial charge is 0.505 e. The number of ether oxygens (including phenoxy) is 1. The molecule has 0 heterocycles. The third-order valence-electron chi connectivity index (χ3n) is 10.7. The summed E-state index contributed by atoms with van der Waals surface area (Å²) in [6.07, 6.45) is 3.30. The van der Waals surface area contributed by atoms with Crippen molar-refractivity contribution in [1.29, 1.82) is 0 Å². The highest BCUT2D eigenvalue weighted by atomic mass is 32.2. The summed E-state index contributed by atoms with van der Waals surface area (Å²) >= 11 is 0. The van der Waals surface area contributed by atoms with Gasteiger partial charge in [-0.25, -0.2) is 0 Å².